The van der Waals surface area contributed by atoms with Gasteiger partial charge in [-0.15, -0.1) is 0 Å². The van der Waals surface area contributed by atoms with E-state index in [-0.39, 0.29) is 0 Å². The van der Waals surface area contributed by atoms with Crippen LogP contribution in [0.3, 0.4) is 0 Å². The molecule has 0 aliphatic heterocycles. The molecule has 0 aromatic heterocycles. The third-order valence-corrected chi connectivity index (χ3v) is 2.09. The summed E-state index contributed by atoms with van der Waals surface area (Å²) in [5.74, 6) is -3.00. The predicted molar refractivity (Wildman–Crippen MR) is 56.5 cm³/mol. The van der Waals surface area contributed by atoms with Gasteiger partial charge in [-0.2, -0.15) is 0 Å². The summed E-state index contributed by atoms with van der Waals surface area (Å²) in [6.45, 7) is 0.953. The molecular formula is C11H13F2NO3. The molecule has 0 spiro atoms. The second-order valence-electron chi connectivity index (χ2n) is 3.75. The maximum absolute atomic E-state index is 13.2. The minimum atomic E-state index is -1.47. The molecule has 0 saturated heterocycles. The van der Waals surface area contributed by atoms with Crippen LogP contribution in [-0.4, -0.2) is 25.2 Å². The quantitative estimate of drug-likeness (QED) is 0.810. The van der Waals surface area contributed by atoms with E-state index in [9.17, 15) is 13.6 Å². The standard InChI is InChI=1S/C11H13F2NO3/c1-11(14,10(15)16-2)6-17-9-7(12)4-3-5-8(9)13/h3-5H,6,14H2,1-2H3. The van der Waals surface area contributed by atoms with Gasteiger partial charge in [-0.1, -0.05) is 6.07 Å². The topological polar surface area (TPSA) is 61.5 Å². The molecule has 1 rings (SSSR count). The summed E-state index contributed by atoms with van der Waals surface area (Å²) in [6.07, 6.45) is 0. The average molecular weight is 245 g/mol. The first-order chi connectivity index (χ1) is 7.88. The van der Waals surface area contributed by atoms with E-state index in [4.69, 9.17) is 10.5 Å². The zero-order valence-corrected chi connectivity index (χ0v) is 9.50. The van der Waals surface area contributed by atoms with E-state index in [1.165, 1.54) is 13.0 Å². The highest BCUT2D eigenvalue weighted by atomic mass is 19.1. The molecule has 0 fully saturated rings. The third kappa shape index (κ3) is 3.13. The molecule has 1 aromatic rings. The lowest BCUT2D eigenvalue weighted by molar-refractivity contribution is -0.147. The van der Waals surface area contributed by atoms with Gasteiger partial charge in [0.25, 0.3) is 0 Å². The molecule has 1 aromatic carbocycles. The Morgan fingerprint density at radius 1 is 1.41 bits per heavy atom. The summed E-state index contributed by atoms with van der Waals surface area (Å²) in [5.41, 5.74) is 4.11. The molecule has 4 nitrogen and oxygen atoms in total. The minimum absolute atomic E-state index is 0.391. The van der Waals surface area contributed by atoms with Crippen molar-refractivity contribution in [2.75, 3.05) is 13.7 Å². The van der Waals surface area contributed by atoms with E-state index in [2.05, 4.69) is 4.74 Å². The van der Waals surface area contributed by atoms with Crippen molar-refractivity contribution in [1.82, 2.24) is 0 Å². The Kier molecular flexibility index (Phi) is 4.01. The summed E-state index contributed by atoms with van der Waals surface area (Å²) >= 11 is 0. The molecule has 1 atom stereocenters. The van der Waals surface area contributed by atoms with E-state index < -0.39 is 35.5 Å². The molecule has 2 N–H and O–H groups in total. The van der Waals surface area contributed by atoms with E-state index in [1.807, 2.05) is 0 Å². The highest BCUT2D eigenvalue weighted by Gasteiger charge is 2.31. The number of benzene rings is 1. The number of carbonyl (C=O) groups is 1. The number of para-hydroxylation sites is 1. The summed E-state index contributed by atoms with van der Waals surface area (Å²) in [6, 6.07) is 3.30. The van der Waals surface area contributed by atoms with Crippen molar-refractivity contribution < 1.29 is 23.0 Å². The molecule has 0 radical (unpaired) electrons. The van der Waals surface area contributed by atoms with Gasteiger partial charge in [0.05, 0.1) is 7.11 Å². The zero-order chi connectivity index (χ0) is 13.1. The van der Waals surface area contributed by atoms with Gasteiger partial charge in [0, 0.05) is 0 Å². The van der Waals surface area contributed by atoms with Gasteiger partial charge in [0.1, 0.15) is 12.1 Å². The van der Waals surface area contributed by atoms with Crippen LogP contribution in [0.4, 0.5) is 8.78 Å². The number of methoxy groups -OCH3 is 1. The fourth-order valence-corrected chi connectivity index (χ4v) is 1.13. The maximum Gasteiger partial charge on any atom is 0.329 e. The van der Waals surface area contributed by atoms with Gasteiger partial charge in [0.15, 0.2) is 17.4 Å². The summed E-state index contributed by atoms with van der Waals surface area (Å²) < 4.78 is 35.7. The van der Waals surface area contributed by atoms with Crippen molar-refractivity contribution >= 4 is 5.97 Å². The van der Waals surface area contributed by atoms with Gasteiger partial charge in [-0.3, -0.25) is 0 Å². The Balaban J connectivity index is 2.77. The molecule has 0 aliphatic rings. The van der Waals surface area contributed by atoms with Crippen molar-refractivity contribution in [1.29, 1.82) is 0 Å². The molecule has 0 saturated carbocycles. The predicted octanol–water partition coefficient (Wildman–Crippen LogP) is 1.23. The van der Waals surface area contributed by atoms with Gasteiger partial charge in [0.2, 0.25) is 0 Å². The fraction of sp³-hybridized carbons (Fsp3) is 0.364. The zero-order valence-electron chi connectivity index (χ0n) is 9.50. The first-order valence-corrected chi connectivity index (χ1v) is 4.82. The molecular weight excluding hydrogens is 232 g/mol. The number of carbonyl (C=O) groups excluding carboxylic acids is 1. The Labute approximate surface area is 97.3 Å². The molecule has 0 heterocycles. The molecule has 0 amide bonds. The Morgan fingerprint density at radius 3 is 2.41 bits per heavy atom. The van der Waals surface area contributed by atoms with Crippen molar-refractivity contribution in [3.8, 4) is 5.75 Å². The van der Waals surface area contributed by atoms with E-state index >= 15 is 0 Å². The van der Waals surface area contributed by atoms with Crippen LogP contribution < -0.4 is 10.5 Å². The summed E-state index contributed by atoms with van der Waals surface area (Å²) in [7, 11) is 1.16. The first-order valence-electron chi connectivity index (χ1n) is 4.82. The molecule has 1 unspecified atom stereocenters. The first kappa shape index (κ1) is 13.4. The highest BCUT2D eigenvalue weighted by Crippen LogP contribution is 2.21. The normalized spacial score (nSPS) is 13.9. The third-order valence-electron chi connectivity index (χ3n) is 2.09. The van der Waals surface area contributed by atoms with Crippen LogP contribution in [-0.2, 0) is 9.53 Å². The van der Waals surface area contributed by atoms with Crippen LogP contribution in [0, 0.1) is 11.6 Å². The molecule has 0 aliphatic carbocycles. The largest absolute Gasteiger partial charge is 0.485 e. The average Bonchev–Trinajstić information content (AvgIpc) is 2.27. The maximum atomic E-state index is 13.2. The second-order valence-corrected chi connectivity index (χ2v) is 3.75. The number of ether oxygens (including phenoxy) is 2. The highest BCUT2D eigenvalue weighted by molar-refractivity contribution is 5.80. The summed E-state index contributed by atoms with van der Waals surface area (Å²) in [4.78, 5) is 11.2. The number of hydrogen-bond donors (Lipinski definition) is 1. The van der Waals surface area contributed by atoms with Gasteiger partial charge in [-0.25, -0.2) is 13.6 Å². The van der Waals surface area contributed by atoms with Crippen molar-refractivity contribution in [3.63, 3.8) is 0 Å². The number of rotatable bonds is 4. The van der Waals surface area contributed by atoms with Crippen LogP contribution in [0.5, 0.6) is 5.75 Å². The van der Waals surface area contributed by atoms with Crippen molar-refractivity contribution in [2.45, 2.75) is 12.5 Å². The summed E-state index contributed by atoms with van der Waals surface area (Å²) in [5, 5.41) is 0. The molecule has 6 heteroatoms. The van der Waals surface area contributed by atoms with E-state index in [0.29, 0.717) is 0 Å². The molecule has 94 valence electrons. The second kappa shape index (κ2) is 5.09. The van der Waals surface area contributed by atoms with Crippen LogP contribution >= 0.6 is 0 Å². The minimum Gasteiger partial charge on any atom is -0.485 e. The van der Waals surface area contributed by atoms with Gasteiger partial charge >= 0.3 is 5.97 Å². The monoisotopic (exact) mass is 245 g/mol. The lowest BCUT2D eigenvalue weighted by atomic mass is 10.1. The van der Waals surface area contributed by atoms with E-state index in [1.54, 1.807) is 0 Å². The number of nitrogens with two attached hydrogens (primary N) is 1. The Morgan fingerprint density at radius 2 is 1.94 bits per heavy atom. The van der Waals surface area contributed by atoms with Crippen LogP contribution in [0.25, 0.3) is 0 Å². The van der Waals surface area contributed by atoms with E-state index in [0.717, 1.165) is 19.2 Å². The molecule has 0 bridgehead atoms. The smallest absolute Gasteiger partial charge is 0.329 e. The number of hydrogen-bond acceptors (Lipinski definition) is 4. The van der Waals surface area contributed by atoms with Crippen molar-refractivity contribution in [2.24, 2.45) is 5.73 Å². The van der Waals surface area contributed by atoms with Gasteiger partial charge in [-0.05, 0) is 19.1 Å². The van der Waals surface area contributed by atoms with Crippen LogP contribution in [0.15, 0.2) is 18.2 Å². The number of halogens is 2. The van der Waals surface area contributed by atoms with Crippen LogP contribution in [0.1, 0.15) is 6.92 Å². The van der Waals surface area contributed by atoms with Gasteiger partial charge < -0.3 is 15.2 Å². The molecule has 17 heavy (non-hydrogen) atoms. The lowest BCUT2D eigenvalue weighted by Crippen LogP contribution is -2.50. The lowest BCUT2D eigenvalue weighted by Gasteiger charge is -2.21. The SMILES string of the molecule is COC(=O)C(C)(N)COc1c(F)cccc1F. The Bertz CT molecular complexity index is 401. The van der Waals surface area contributed by atoms with Crippen molar-refractivity contribution in [3.05, 3.63) is 29.8 Å². The fourth-order valence-electron chi connectivity index (χ4n) is 1.13. The number of esters is 1. The Hall–Kier alpha value is -1.69. The van der Waals surface area contributed by atoms with Crippen LogP contribution in [0.2, 0.25) is 0 Å².